The Morgan fingerprint density at radius 3 is 2.76 bits per heavy atom. The SMILES string of the molecule is C/C(=N\NC(=O)c1ccncc1)c1ccco1. The number of pyridine rings is 1. The molecule has 2 aromatic heterocycles. The molecule has 0 spiro atoms. The second-order valence-electron chi connectivity index (χ2n) is 3.35. The Labute approximate surface area is 98.2 Å². The minimum absolute atomic E-state index is 0.279. The fourth-order valence-corrected chi connectivity index (χ4v) is 1.24. The number of rotatable bonds is 3. The molecule has 0 aliphatic carbocycles. The molecule has 1 N–H and O–H groups in total. The van der Waals surface area contributed by atoms with Gasteiger partial charge < -0.3 is 4.42 Å². The number of nitrogens with zero attached hydrogens (tertiary/aromatic N) is 2. The average molecular weight is 229 g/mol. The number of furan rings is 1. The van der Waals surface area contributed by atoms with E-state index in [-0.39, 0.29) is 5.91 Å². The van der Waals surface area contributed by atoms with Crippen molar-refractivity contribution in [2.45, 2.75) is 6.92 Å². The van der Waals surface area contributed by atoms with Gasteiger partial charge in [0.15, 0.2) is 0 Å². The fourth-order valence-electron chi connectivity index (χ4n) is 1.24. The van der Waals surface area contributed by atoms with E-state index in [2.05, 4.69) is 15.5 Å². The van der Waals surface area contributed by atoms with Gasteiger partial charge >= 0.3 is 0 Å². The first-order chi connectivity index (χ1) is 8.27. The van der Waals surface area contributed by atoms with Crippen molar-refractivity contribution in [1.82, 2.24) is 10.4 Å². The van der Waals surface area contributed by atoms with E-state index in [1.807, 2.05) is 0 Å². The maximum atomic E-state index is 11.6. The third-order valence-corrected chi connectivity index (χ3v) is 2.15. The van der Waals surface area contributed by atoms with Gasteiger partial charge in [-0.05, 0) is 31.2 Å². The highest BCUT2D eigenvalue weighted by Gasteiger charge is 2.04. The molecule has 0 atom stereocenters. The molecule has 5 nitrogen and oxygen atoms in total. The number of aromatic nitrogens is 1. The van der Waals surface area contributed by atoms with Crippen molar-refractivity contribution in [2.24, 2.45) is 5.10 Å². The van der Waals surface area contributed by atoms with E-state index in [1.54, 1.807) is 49.8 Å². The van der Waals surface area contributed by atoms with Gasteiger partial charge in [0.1, 0.15) is 11.5 Å². The summed E-state index contributed by atoms with van der Waals surface area (Å²) in [6.07, 6.45) is 4.66. The standard InChI is InChI=1S/C12H11N3O2/c1-9(11-3-2-8-17-11)14-15-12(16)10-4-6-13-7-5-10/h2-8H,1H3,(H,15,16)/b14-9+. The first kappa shape index (κ1) is 11.1. The number of nitrogens with one attached hydrogen (secondary N) is 1. The van der Waals surface area contributed by atoms with Crippen LogP contribution < -0.4 is 5.43 Å². The Kier molecular flexibility index (Phi) is 3.30. The molecule has 0 aromatic carbocycles. The summed E-state index contributed by atoms with van der Waals surface area (Å²) >= 11 is 0. The van der Waals surface area contributed by atoms with Gasteiger partial charge in [0, 0.05) is 18.0 Å². The van der Waals surface area contributed by atoms with Crippen LogP contribution in [-0.4, -0.2) is 16.6 Å². The van der Waals surface area contributed by atoms with Crippen LogP contribution in [0.15, 0.2) is 52.4 Å². The van der Waals surface area contributed by atoms with Gasteiger partial charge in [0.2, 0.25) is 0 Å². The number of carbonyl (C=O) groups is 1. The number of hydrazone groups is 1. The highest BCUT2D eigenvalue weighted by Crippen LogP contribution is 2.01. The molecule has 2 heterocycles. The second kappa shape index (κ2) is 5.07. The molecule has 0 radical (unpaired) electrons. The maximum Gasteiger partial charge on any atom is 0.271 e. The summed E-state index contributed by atoms with van der Waals surface area (Å²) in [6.45, 7) is 1.76. The van der Waals surface area contributed by atoms with E-state index in [0.717, 1.165) is 0 Å². The topological polar surface area (TPSA) is 67.5 Å². The molecule has 17 heavy (non-hydrogen) atoms. The van der Waals surface area contributed by atoms with E-state index >= 15 is 0 Å². The second-order valence-corrected chi connectivity index (χ2v) is 3.35. The van der Waals surface area contributed by atoms with Gasteiger partial charge in [-0.2, -0.15) is 5.10 Å². The molecule has 1 amide bonds. The van der Waals surface area contributed by atoms with E-state index < -0.39 is 0 Å². The van der Waals surface area contributed by atoms with Crippen LogP contribution in [0.4, 0.5) is 0 Å². The summed E-state index contributed by atoms with van der Waals surface area (Å²) in [5, 5.41) is 3.95. The molecular weight excluding hydrogens is 218 g/mol. The highest BCUT2D eigenvalue weighted by atomic mass is 16.3. The summed E-state index contributed by atoms with van der Waals surface area (Å²) in [4.78, 5) is 15.5. The molecule has 2 rings (SSSR count). The molecule has 0 saturated heterocycles. The predicted molar refractivity (Wildman–Crippen MR) is 62.6 cm³/mol. The van der Waals surface area contributed by atoms with Crippen molar-refractivity contribution in [1.29, 1.82) is 0 Å². The lowest BCUT2D eigenvalue weighted by atomic mass is 10.2. The zero-order valence-electron chi connectivity index (χ0n) is 9.25. The van der Waals surface area contributed by atoms with E-state index in [9.17, 15) is 4.79 Å². The number of amides is 1. The minimum Gasteiger partial charge on any atom is -0.463 e. The predicted octanol–water partition coefficient (Wildman–Crippen LogP) is 1.83. The van der Waals surface area contributed by atoms with Crippen molar-refractivity contribution >= 4 is 11.6 Å². The molecule has 86 valence electrons. The van der Waals surface area contributed by atoms with E-state index in [4.69, 9.17) is 4.42 Å². The van der Waals surface area contributed by atoms with Crippen LogP contribution in [-0.2, 0) is 0 Å². The van der Waals surface area contributed by atoms with Crippen LogP contribution in [0.3, 0.4) is 0 Å². The Hall–Kier alpha value is -2.43. The van der Waals surface area contributed by atoms with E-state index in [1.165, 1.54) is 0 Å². The Morgan fingerprint density at radius 1 is 1.35 bits per heavy atom. The third-order valence-electron chi connectivity index (χ3n) is 2.15. The Morgan fingerprint density at radius 2 is 2.12 bits per heavy atom. The number of hydrogen-bond donors (Lipinski definition) is 1. The Balaban J connectivity index is 2.04. The molecule has 0 aliphatic heterocycles. The molecule has 0 fully saturated rings. The Bertz CT molecular complexity index is 518. The maximum absolute atomic E-state index is 11.6. The van der Waals surface area contributed by atoms with Crippen molar-refractivity contribution in [3.63, 3.8) is 0 Å². The van der Waals surface area contributed by atoms with Crippen molar-refractivity contribution in [3.8, 4) is 0 Å². The molecule has 5 heteroatoms. The van der Waals surface area contributed by atoms with Gasteiger partial charge in [-0.25, -0.2) is 5.43 Å². The van der Waals surface area contributed by atoms with Gasteiger partial charge in [0.05, 0.1) is 6.26 Å². The molecule has 0 aliphatic rings. The molecule has 2 aromatic rings. The molecule has 0 saturated carbocycles. The van der Waals surface area contributed by atoms with Crippen LogP contribution in [0.1, 0.15) is 23.0 Å². The summed E-state index contributed by atoms with van der Waals surface area (Å²) in [5.74, 6) is 0.346. The smallest absolute Gasteiger partial charge is 0.271 e. The van der Waals surface area contributed by atoms with Crippen LogP contribution in [0, 0.1) is 0 Å². The van der Waals surface area contributed by atoms with Crippen molar-refractivity contribution in [2.75, 3.05) is 0 Å². The summed E-state index contributed by atoms with van der Waals surface area (Å²) < 4.78 is 5.14. The zero-order chi connectivity index (χ0) is 12.1. The highest BCUT2D eigenvalue weighted by molar-refractivity contribution is 5.99. The van der Waals surface area contributed by atoms with Gasteiger partial charge in [-0.1, -0.05) is 0 Å². The van der Waals surface area contributed by atoms with Gasteiger partial charge in [-0.15, -0.1) is 0 Å². The van der Waals surface area contributed by atoms with Crippen LogP contribution in [0.2, 0.25) is 0 Å². The van der Waals surface area contributed by atoms with Gasteiger partial charge in [0.25, 0.3) is 5.91 Å². The number of carbonyl (C=O) groups excluding carboxylic acids is 1. The fraction of sp³-hybridized carbons (Fsp3) is 0.0833. The number of hydrogen-bond acceptors (Lipinski definition) is 4. The van der Waals surface area contributed by atoms with Crippen LogP contribution >= 0.6 is 0 Å². The molecular formula is C12H11N3O2. The minimum atomic E-state index is -0.279. The average Bonchev–Trinajstić information content (AvgIpc) is 2.90. The van der Waals surface area contributed by atoms with Crippen molar-refractivity contribution in [3.05, 3.63) is 54.2 Å². The zero-order valence-corrected chi connectivity index (χ0v) is 9.25. The lowest BCUT2D eigenvalue weighted by molar-refractivity contribution is 0.0954. The monoisotopic (exact) mass is 229 g/mol. The van der Waals surface area contributed by atoms with Crippen LogP contribution in [0.25, 0.3) is 0 Å². The lowest BCUT2D eigenvalue weighted by Gasteiger charge is -2.00. The summed E-state index contributed by atoms with van der Waals surface area (Å²) in [7, 11) is 0. The van der Waals surface area contributed by atoms with Crippen LogP contribution in [0.5, 0.6) is 0 Å². The molecule has 0 bridgehead atoms. The van der Waals surface area contributed by atoms with E-state index in [0.29, 0.717) is 17.0 Å². The van der Waals surface area contributed by atoms with Gasteiger partial charge in [-0.3, -0.25) is 9.78 Å². The quantitative estimate of drug-likeness (QED) is 0.644. The summed E-state index contributed by atoms with van der Waals surface area (Å²) in [5.41, 5.74) is 3.57. The normalized spacial score (nSPS) is 11.2. The summed E-state index contributed by atoms with van der Waals surface area (Å²) in [6, 6.07) is 6.77. The lowest BCUT2D eigenvalue weighted by Crippen LogP contribution is -2.19. The third kappa shape index (κ3) is 2.78. The molecule has 0 unspecified atom stereocenters. The first-order valence-corrected chi connectivity index (χ1v) is 5.06. The first-order valence-electron chi connectivity index (χ1n) is 5.06. The largest absolute Gasteiger partial charge is 0.463 e. The van der Waals surface area contributed by atoms with Crippen molar-refractivity contribution < 1.29 is 9.21 Å².